The first-order chi connectivity index (χ1) is 9.15. The van der Waals surface area contributed by atoms with Gasteiger partial charge in [-0.05, 0) is 26.0 Å². The summed E-state index contributed by atoms with van der Waals surface area (Å²) < 4.78 is 0.899. The smallest absolute Gasteiger partial charge is 0.220 e. The average molecular weight is 323 g/mol. The molecule has 0 aromatic rings. The third-order valence-electron chi connectivity index (χ3n) is 2.49. The van der Waals surface area contributed by atoms with Crippen molar-refractivity contribution in [2.75, 3.05) is 36.9 Å². The molecule has 1 N–H and O–H groups in total. The molecule has 19 heavy (non-hydrogen) atoms. The van der Waals surface area contributed by atoms with Crippen LogP contribution in [-0.2, 0) is 4.79 Å². The van der Waals surface area contributed by atoms with Gasteiger partial charge in [-0.25, -0.2) is 0 Å². The van der Waals surface area contributed by atoms with Crippen LogP contribution in [0.1, 0.15) is 33.6 Å². The molecule has 0 spiro atoms. The first-order valence-electron chi connectivity index (χ1n) is 6.91. The highest BCUT2D eigenvalue weighted by atomic mass is 32.2. The summed E-state index contributed by atoms with van der Waals surface area (Å²) in [5, 5.41) is 2.94. The van der Waals surface area contributed by atoms with Gasteiger partial charge in [0.25, 0.3) is 0 Å². The first kappa shape index (κ1) is 19.1. The van der Waals surface area contributed by atoms with Gasteiger partial charge in [-0.15, -0.1) is 0 Å². The van der Waals surface area contributed by atoms with Crippen molar-refractivity contribution >= 4 is 46.0 Å². The SMILES string of the molecule is CCCSCCNC(=O)CCSC(=S)N(CC)CC. The van der Waals surface area contributed by atoms with Gasteiger partial charge in [-0.3, -0.25) is 4.79 Å². The monoisotopic (exact) mass is 322 g/mol. The fourth-order valence-electron chi connectivity index (χ4n) is 1.40. The second-order valence-electron chi connectivity index (χ2n) is 4.00. The van der Waals surface area contributed by atoms with Crippen LogP contribution < -0.4 is 5.32 Å². The Labute approximate surface area is 131 Å². The van der Waals surface area contributed by atoms with Gasteiger partial charge in [0, 0.05) is 37.6 Å². The number of thioether (sulfide) groups is 2. The zero-order chi connectivity index (χ0) is 14.5. The predicted octanol–water partition coefficient (Wildman–Crippen LogP) is 3.00. The van der Waals surface area contributed by atoms with Crippen LogP contribution in [0.3, 0.4) is 0 Å². The predicted molar refractivity (Wildman–Crippen MR) is 93.2 cm³/mol. The van der Waals surface area contributed by atoms with Crippen LogP contribution in [0.5, 0.6) is 0 Å². The maximum atomic E-state index is 11.6. The summed E-state index contributed by atoms with van der Waals surface area (Å²) in [5.41, 5.74) is 0. The van der Waals surface area contributed by atoms with E-state index in [1.165, 1.54) is 12.2 Å². The van der Waals surface area contributed by atoms with Crippen LogP contribution in [-0.4, -0.2) is 52.0 Å². The molecule has 0 aliphatic heterocycles. The summed E-state index contributed by atoms with van der Waals surface area (Å²) in [6.45, 7) is 9.00. The number of hydrogen-bond acceptors (Lipinski definition) is 4. The Balaban J connectivity index is 3.55. The van der Waals surface area contributed by atoms with Gasteiger partial charge in [0.1, 0.15) is 4.32 Å². The molecule has 0 heterocycles. The van der Waals surface area contributed by atoms with Crippen molar-refractivity contribution in [3.8, 4) is 0 Å². The molecule has 0 saturated heterocycles. The lowest BCUT2D eigenvalue weighted by molar-refractivity contribution is -0.120. The number of nitrogens with one attached hydrogen (secondary N) is 1. The molecule has 3 nitrogen and oxygen atoms in total. The zero-order valence-corrected chi connectivity index (χ0v) is 14.7. The molecule has 0 radical (unpaired) electrons. The van der Waals surface area contributed by atoms with Gasteiger partial charge in [0.15, 0.2) is 0 Å². The Morgan fingerprint density at radius 3 is 2.42 bits per heavy atom. The lowest BCUT2D eigenvalue weighted by Crippen LogP contribution is -2.28. The highest BCUT2D eigenvalue weighted by Crippen LogP contribution is 2.10. The van der Waals surface area contributed by atoms with Gasteiger partial charge in [-0.1, -0.05) is 30.9 Å². The highest BCUT2D eigenvalue weighted by Gasteiger charge is 2.07. The summed E-state index contributed by atoms with van der Waals surface area (Å²) in [6.07, 6.45) is 1.74. The van der Waals surface area contributed by atoms with Crippen LogP contribution in [0.2, 0.25) is 0 Å². The maximum absolute atomic E-state index is 11.6. The normalized spacial score (nSPS) is 10.3. The van der Waals surface area contributed by atoms with E-state index < -0.39 is 0 Å². The summed E-state index contributed by atoms with van der Waals surface area (Å²) in [4.78, 5) is 13.7. The fraction of sp³-hybridized carbons (Fsp3) is 0.846. The van der Waals surface area contributed by atoms with Crippen molar-refractivity contribution in [1.82, 2.24) is 10.2 Å². The molecule has 0 rings (SSSR count). The Bertz CT molecular complexity index is 258. The summed E-state index contributed by atoms with van der Waals surface area (Å²) in [5.74, 6) is 3.07. The Hall–Kier alpha value is 0.0600. The van der Waals surface area contributed by atoms with E-state index in [2.05, 4.69) is 31.0 Å². The van der Waals surface area contributed by atoms with Gasteiger partial charge in [0.2, 0.25) is 5.91 Å². The van der Waals surface area contributed by atoms with E-state index in [1.54, 1.807) is 11.8 Å². The summed E-state index contributed by atoms with van der Waals surface area (Å²) in [7, 11) is 0. The molecule has 0 aromatic carbocycles. The molecular weight excluding hydrogens is 296 g/mol. The summed E-state index contributed by atoms with van der Waals surface area (Å²) >= 11 is 8.80. The number of thiocarbonyl (C=S) groups is 1. The van der Waals surface area contributed by atoms with Crippen molar-refractivity contribution in [3.05, 3.63) is 0 Å². The number of amides is 1. The van der Waals surface area contributed by atoms with Crippen molar-refractivity contribution in [2.24, 2.45) is 0 Å². The topological polar surface area (TPSA) is 32.3 Å². The van der Waals surface area contributed by atoms with Crippen molar-refractivity contribution < 1.29 is 4.79 Å². The largest absolute Gasteiger partial charge is 0.358 e. The van der Waals surface area contributed by atoms with Gasteiger partial charge < -0.3 is 10.2 Å². The molecule has 1 amide bonds. The Morgan fingerprint density at radius 1 is 1.16 bits per heavy atom. The Kier molecular flexibility index (Phi) is 13.1. The number of hydrogen-bond donors (Lipinski definition) is 1. The van der Waals surface area contributed by atoms with E-state index >= 15 is 0 Å². The van der Waals surface area contributed by atoms with Crippen LogP contribution in [0.25, 0.3) is 0 Å². The average Bonchev–Trinajstić information content (AvgIpc) is 2.40. The maximum Gasteiger partial charge on any atom is 0.220 e. The second-order valence-corrected chi connectivity index (χ2v) is 6.95. The number of carbonyl (C=O) groups excluding carboxylic acids is 1. The lowest BCUT2D eigenvalue weighted by Gasteiger charge is -2.20. The van der Waals surface area contributed by atoms with Gasteiger partial charge in [0.05, 0.1) is 0 Å². The minimum atomic E-state index is 0.131. The third-order valence-corrected chi connectivity index (χ3v) is 5.21. The molecule has 112 valence electrons. The molecular formula is C13H26N2OS3. The van der Waals surface area contributed by atoms with E-state index in [1.807, 2.05) is 11.8 Å². The first-order valence-corrected chi connectivity index (χ1v) is 9.46. The van der Waals surface area contributed by atoms with E-state index in [-0.39, 0.29) is 5.91 Å². The molecule has 0 saturated carbocycles. The van der Waals surface area contributed by atoms with Crippen LogP contribution in [0, 0.1) is 0 Å². The molecule has 0 fully saturated rings. The molecule has 0 bridgehead atoms. The van der Waals surface area contributed by atoms with Crippen molar-refractivity contribution in [3.63, 3.8) is 0 Å². The van der Waals surface area contributed by atoms with Gasteiger partial charge in [-0.2, -0.15) is 11.8 Å². The standard InChI is InChI=1S/C13H26N2OS3/c1-4-9-18-11-8-14-12(16)7-10-19-13(17)15(5-2)6-3/h4-11H2,1-3H3,(H,14,16). The van der Waals surface area contributed by atoms with Crippen LogP contribution in [0.15, 0.2) is 0 Å². The number of nitrogens with zero attached hydrogens (tertiary/aromatic N) is 1. The van der Waals surface area contributed by atoms with Gasteiger partial charge >= 0.3 is 0 Å². The number of rotatable bonds is 10. The van der Waals surface area contributed by atoms with Crippen molar-refractivity contribution in [2.45, 2.75) is 33.6 Å². The minimum Gasteiger partial charge on any atom is -0.358 e. The Morgan fingerprint density at radius 2 is 1.84 bits per heavy atom. The highest BCUT2D eigenvalue weighted by molar-refractivity contribution is 8.22. The minimum absolute atomic E-state index is 0.131. The third kappa shape index (κ3) is 10.5. The molecule has 0 atom stereocenters. The molecule has 0 aromatic heterocycles. The quantitative estimate of drug-likeness (QED) is 0.494. The van der Waals surface area contributed by atoms with Crippen LogP contribution in [0.4, 0.5) is 0 Å². The van der Waals surface area contributed by atoms with E-state index in [9.17, 15) is 4.79 Å². The second kappa shape index (κ2) is 13.1. The zero-order valence-electron chi connectivity index (χ0n) is 12.2. The van der Waals surface area contributed by atoms with Crippen molar-refractivity contribution in [1.29, 1.82) is 0 Å². The van der Waals surface area contributed by atoms with E-state index in [0.29, 0.717) is 6.42 Å². The number of carbonyl (C=O) groups is 1. The fourth-order valence-corrected chi connectivity index (χ4v) is 3.55. The molecule has 0 aliphatic carbocycles. The van der Waals surface area contributed by atoms with E-state index in [0.717, 1.165) is 35.5 Å². The summed E-state index contributed by atoms with van der Waals surface area (Å²) in [6, 6.07) is 0. The lowest BCUT2D eigenvalue weighted by atomic mass is 10.4. The molecule has 6 heteroatoms. The van der Waals surface area contributed by atoms with E-state index in [4.69, 9.17) is 12.2 Å². The van der Waals surface area contributed by atoms with Crippen LogP contribution >= 0.6 is 35.7 Å². The molecule has 0 unspecified atom stereocenters. The molecule has 0 aliphatic rings.